The fourth-order valence-electron chi connectivity index (χ4n) is 5.71. The van der Waals surface area contributed by atoms with Crippen molar-refractivity contribution < 1.29 is 35.2 Å². The topological polar surface area (TPSA) is 32.8 Å². The molecule has 2 saturated heterocycles. The second kappa shape index (κ2) is 11.1. The first-order valence-electron chi connectivity index (χ1n) is 13.4. The molecule has 2 aromatic heterocycles. The number of alkyl halides is 3. The van der Waals surface area contributed by atoms with E-state index in [4.69, 9.17) is 8.83 Å². The Bertz CT molecular complexity index is 1570. The maximum Gasteiger partial charge on any atom is 0.401 e. The third-order valence-corrected chi connectivity index (χ3v) is 10.4. The first-order chi connectivity index (χ1) is 19.5. The Labute approximate surface area is 241 Å². The van der Waals surface area contributed by atoms with Crippen molar-refractivity contribution in [2.75, 3.05) is 38.5 Å². The Balaban J connectivity index is 1.35. The highest BCUT2D eigenvalue weighted by Crippen LogP contribution is 2.49. The molecule has 0 saturated carbocycles. The van der Waals surface area contributed by atoms with Gasteiger partial charge in [-0.2, -0.15) is 24.9 Å². The summed E-state index contributed by atoms with van der Waals surface area (Å²) in [6, 6.07) is 7.78. The number of furan rings is 2. The van der Waals surface area contributed by atoms with Gasteiger partial charge in [-0.1, -0.05) is 12.1 Å². The first-order valence-corrected chi connectivity index (χ1v) is 15.3. The molecule has 4 aromatic rings. The second-order valence-electron chi connectivity index (χ2n) is 10.8. The second-order valence-corrected chi connectivity index (χ2v) is 13.6. The molecule has 12 heteroatoms. The maximum atomic E-state index is 15.8. The van der Waals surface area contributed by atoms with Crippen LogP contribution in [0.2, 0.25) is 0 Å². The number of hydrogen-bond acceptors (Lipinski definition) is 6. The third-order valence-electron chi connectivity index (χ3n) is 7.74. The summed E-state index contributed by atoms with van der Waals surface area (Å²) in [6.45, 7) is 4.11. The molecule has 0 spiro atoms. The number of benzene rings is 2. The van der Waals surface area contributed by atoms with Crippen LogP contribution in [0.5, 0.6) is 0 Å². The van der Waals surface area contributed by atoms with Crippen LogP contribution in [-0.2, 0) is 0 Å². The zero-order valence-corrected chi connectivity index (χ0v) is 23.9. The Kier molecular flexibility index (Phi) is 7.80. The predicted octanol–water partition coefficient (Wildman–Crippen LogP) is 8.49. The van der Waals surface area contributed by atoms with Crippen LogP contribution in [0.4, 0.5) is 26.3 Å². The van der Waals surface area contributed by atoms with Gasteiger partial charge in [0.25, 0.3) is 0 Å². The number of thioether (sulfide) groups is 2. The van der Waals surface area contributed by atoms with Gasteiger partial charge >= 0.3 is 6.18 Å². The summed E-state index contributed by atoms with van der Waals surface area (Å²) >= 11 is 2.73. The molecular formula is C29H28F6N2O2S2. The van der Waals surface area contributed by atoms with Gasteiger partial charge in [0, 0.05) is 70.4 Å². The number of hydrogen-bond donors (Lipinski definition) is 0. The monoisotopic (exact) mass is 614 g/mol. The van der Waals surface area contributed by atoms with E-state index in [0.29, 0.717) is 11.9 Å². The van der Waals surface area contributed by atoms with Crippen LogP contribution in [0, 0.1) is 17.5 Å². The molecule has 2 aromatic carbocycles. The molecule has 0 bridgehead atoms. The van der Waals surface area contributed by atoms with E-state index < -0.39 is 45.9 Å². The zero-order chi connectivity index (χ0) is 29.1. The van der Waals surface area contributed by atoms with Gasteiger partial charge in [-0.15, -0.1) is 11.8 Å². The Morgan fingerprint density at radius 2 is 1.71 bits per heavy atom. The van der Waals surface area contributed by atoms with Crippen molar-refractivity contribution in [3.8, 4) is 0 Å². The molecule has 2 aliphatic heterocycles. The Morgan fingerprint density at radius 1 is 0.927 bits per heavy atom. The van der Waals surface area contributed by atoms with Gasteiger partial charge < -0.3 is 8.83 Å². The van der Waals surface area contributed by atoms with Crippen molar-refractivity contribution >= 4 is 45.5 Å². The van der Waals surface area contributed by atoms with Gasteiger partial charge in [0.05, 0.1) is 18.1 Å². The zero-order valence-electron chi connectivity index (χ0n) is 22.3. The standard InChI is InChI=1S/C29H28F6N2O2S2/c1-15(2)37-6-8-40-23(13-37)24-19(30)9-17-10-20(39-28(17)26(24)32)22-12-36(14-29(33,34)35)11-21(41-22)18-4-3-16-5-7-38-27(16)25(18)31/h3-5,7,9-10,15,21-23H,6,8,11-14H2,1-2H3. The highest BCUT2D eigenvalue weighted by Gasteiger charge is 2.39. The van der Waals surface area contributed by atoms with E-state index in [0.717, 1.165) is 12.3 Å². The van der Waals surface area contributed by atoms with Crippen LogP contribution in [-0.4, -0.2) is 60.5 Å². The van der Waals surface area contributed by atoms with E-state index in [1.165, 1.54) is 46.8 Å². The normalized spacial score (nSPS) is 23.3. The van der Waals surface area contributed by atoms with Crippen molar-refractivity contribution in [2.24, 2.45) is 0 Å². The molecule has 0 amide bonds. The number of fused-ring (bicyclic) bond motifs is 2. The average Bonchev–Trinajstić information content (AvgIpc) is 3.56. The van der Waals surface area contributed by atoms with Crippen LogP contribution in [0.25, 0.3) is 21.9 Å². The van der Waals surface area contributed by atoms with Crippen LogP contribution in [0.1, 0.15) is 46.5 Å². The van der Waals surface area contributed by atoms with E-state index in [-0.39, 0.29) is 52.6 Å². The SMILES string of the molecule is CC(C)N1CCSC(c2c(F)cc3cc(C4CN(CC(F)(F)F)CC(c5ccc6ccoc6c5F)S4)oc3c2F)C1. The summed E-state index contributed by atoms with van der Waals surface area (Å²) < 4.78 is 98.1. The van der Waals surface area contributed by atoms with E-state index in [1.54, 1.807) is 18.2 Å². The fraction of sp³-hybridized carbons (Fsp3) is 0.448. The molecule has 2 fully saturated rings. The summed E-state index contributed by atoms with van der Waals surface area (Å²) in [6.07, 6.45) is -3.12. The molecule has 220 valence electrons. The molecule has 2 aliphatic rings. The van der Waals surface area contributed by atoms with E-state index in [1.807, 2.05) is 13.8 Å². The lowest BCUT2D eigenvalue weighted by molar-refractivity contribution is -0.146. The smallest absolute Gasteiger partial charge is 0.401 e. The number of halogens is 6. The largest absolute Gasteiger partial charge is 0.461 e. The lowest BCUT2D eigenvalue weighted by atomic mass is 10.1. The quantitative estimate of drug-likeness (QED) is 0.210. The first kappa shape index (κ1) is 28.8. The van der Waals surface area contributed by atoms with Crippen molar-refractivity contribution in [3.63, 3.8) is 0 Å². The maximum absolute atomic E-state index is 15.8. The Hall–Kier alpha value is -2.28. The lowest BCUT2D eigenvalue weighted by Gasteiger charge is -2.37. The summed E-state index contributed by atoms with van der Waals surface area (Å²) in [4.78, 5) is 3.37. The van der Waals surface area contributed by atoms with Crippen LogP contribution in [0.15, 0.2) is 45.4 Å². The number of rotatable bonds is 5. The third kappa shape index (κ3) is 5.72. The number of nitrogens with zero attached hydrogens (tertiary/aromatic N) is 2. The molecule has 0 N–H and O–H groups in total. The molecule has 3 unspecified atom stereocenters. The Morgan fingerprint density at radius 3 is 2.46 bits per heavy atom. The van der Waals surface area contributed by atoms with Crippen molar-refractivity contribution in [1.82, 2.24) is 9.80 Å². The minimum absolute atomic E-state index is 0.0398. The van der Waals surface area contributed by atoms with Gasteiger partial charge in [0.15, 0.2) is 22.8 Å². The molecule has 41 heavy (non-hydrogen) atoms. The average molecular weight is 615 g/mol. The van der Waals surface area contributed by atoms with Gasteiger partial charge in [0.1, 0.15) is 11.6 Å². The van der Waals surface area contributed by atoms with Gasteiger partial charge in [-0.3, -0.25) is 9.80 Å². The van der Waals surface area contributed by atoms with Gasteiger partial charge in [-0.25, -0.2) is 13.2 Å². The predicted molar refractivity (Wildman–Crippen MR) is 150 cm³/mol. The van der Waals surface area contributed by atoms with Crippen molar-refractivity contribution in [3.05, 3.63) is 70.9 Å². The summed E-state index contributed by atoms with van der Waals surface area (Å²) in [5.74, 6) is -1.13. The van der Waals surface area contributed by atoms with E-state index >= 15 is 13.2 Å². The molecule has 4 nitrogen and oxygen atoms in total. The minimum Gasteiger partial charge on any atom is -0.461 e. The van der Waals surface area contributed by atoms with Crippen LogP contribution < -0.4 is 0 Å². The van der Waals surface area contributed by atoms with Crippen LogP contribution in [0.3, 0.4) is 0 Å². The van der Waals surface area contributed by atoms with Gasteiger partial charge in [0.2, 0.25) is 0 Å². The highest BCUT2D eigenvalue weighted by atomic mass is 32.2. The molecule has 0 radical (unpaired) electrons. The minimum atomic E-state index is -4.47. The van der Waals surface area contributed by atoms with E-state index in [2.05, 4.69) is 4.90 Å². The van der Waals surface area contributed by atoms with Crippen molar-refractivity contribution in [1.29, 1.82) is 0 Å². The summed E-state index contributed by atoms with van der Waals surface area (Å²) in [5, 5.41) is -1.03. The fourth-order valence-corrected chi connectivity index (χ4v) is 8.59. The van der Waals surface area contributed by atoms with E-state index in [9.17, 15) is 13.2 Å². The molecular weight excluding hydrogens is 586 g/mol. The lowest BCUT2D eigenvalue weighted by Crippen LogP contribution is -2.41. The summed E-state index contributed by atoms with van der Waals surface area (Å²) in [5.41, 5.74) is 0.0920. The molecule has 0 aliphatic carbocycles. The highest BCUT2D eigenvalue weighted by molar-refractivity contribution is 8.00. The van der Waals surface area contributed by atoms with Crippen LogP contribution >= 0.6 is 23.5 Å². The molecule has 4 heterocycles. The van der Waals surface area contributed by atoms with Crippen molar-refractivity contribution in [2.45, 2.75) is 41.8 Å². The molecule has 3 atom stereocenters. The summed E-state index contributed by atoms with van der Waals surface area (Å²) in [7, 11) is 0. The van der Waals surface area contributed by atoms with Gasteiger partial charge in [-0.05, 0) is 32.0 Å². The molecule has 6 rings (SSSR count).